The van der Waals surface area contributed by atoms with Crippen molar-refractivity contribution in [3.63, 3.8) is 0 Å². The molecule has 1 N–H and O–H groups in total. The number of carbonyl (C=O) groups is 2. The zero-order chi connectivity index (χ0) is 17.4. The fourth-order valence-corrected chi connectivity index (χ4v) is 3.69. The van der Waals surface area contributed by atoms with E-state index in [0.717, 1.165) is 11.1 Å². The molecule has 1 aromatic carbocycles. The Balaban J connectivity index is 2.13. The molecule has 0 radical (unpaired) electrons. The van der Waals surface area contributed by atoms with Crippen molar-refractivity contribution < 1.29 is 18.0 Å². The zero-order valence-electron chi connectivity index (χ0n) is 13.8. The van der Waals surface area contributed by atoms with Crippen LogP contribution in [0.3, 0.4) is 0 Å². The van der Waals surface area contributed by atoms with Gasteiger partial charge in [-0.25, -0.2) is 13.1 Å². The summed E-state index contributed by atoms with van der Waals surface area (Å²) in [5, 5.41) is 0. The summed E-state index contributed by atoms with van der Waals surface area (Å²) in [5.41, 5.74) is 1.81. The van der Waals surface area contributed by atoms with Gasteiger partial charge in [0, 0.05) is 19.0 Å². The smallest absolute Gasteiger partial charge is 0.264 e. The second-order valence-corrected chi connectivity index (χ2v) is 7.94. The Morgan fingerprint density at radius 2 is 1.91 bits per heavy atom. The van der Waals surface area contributed by atoms with Crippen molar-refractivity contribution in [2.75, 3.05) is 6.54 Å². The lowest BCUT2D eigenvalue weighted by Gasteiger charge is -2.20. The second-order valence-electron chi connectivity index (χ2n) is 6.26. The Morgan fingerprint density at radius 1 is 1.26 bits per heavy atom. The minimum absolute atomic E-state index is 0.00310. The number of sulfonamides is 1. The second kappa shape index (κ2) is 6.31. The van der Waals surface area contributed by atoms with E-state index < -0.39 is 21.8 Å². The summed E-state index contributed by atoms with van der Waals surface area (Å²) in [6.45, 7) is 7.68. The molecule has 0 spiro atoms. The van der Waals surface area contributed by atoms with E-state index in [4.69, 9.17) is 0 Å². The lowest BCUT2D eigenvalue weighted by molar-refractivity contribution is -0.129. The Hall–Kier alpha value is -1.89. The lowest BCUT2D eigenvalue weighted by Crippen LogP contribution is -2.38. The summed E-state index contributed by atoms with van der Waals surface area (Å²) in [7, 11) is -3.92. The van der Waals surface area contributed by atoms with Crippen molar-refractivity contribution in [1.29, 1.82) is 0 Å². The normalized spacial score (nSPS) is 18.6. The van der Waals surface area contributed by atoms with Crippen LogP contribution in [0.2, 0.25) is 0 Å². The Kier molecular flexibility index (Phi) is 4.79. The highest BCUT2D eigenvalue weighted by Gasteiger charge is 2.37. The molecule has 1 atom stereocenters. The van der Waals surface area contributed by atoms with Crippen LogP contribution in [0.4, 0.5) is 0 Å². The number of aryl methyl sites for hydroxylation is 2. The molecule has 1 aromatic rings. The van der Waals surface area contributed by atoms with Crippen LogP contribution in [0.15, 0.2) is 23.1 Å². The van der Waals surface area contributed by atoms with Gasteiger partial charge >= 0.3 is 0 Å². The van der Waals surface area contributed by atoms with Crippen molar-refractivity contribution in [2.24, 2.45) is 5.92 Å². The van der Waals surface area contributed by atoms with Crippen LogP contribution >= 0.6 is 0 Å². The molecule has 1 fully saturated rings. The van der Waals surface area contributed by atoms with Gasteiger partial charge in [-0.1, -0.05) is 6.07 Å². The SMILES string of the molecule is Cc1ccc(S(=O)(=O)NC(=O)C2CC(=O)N(C(C)C)C2)cc1C. The maximum absolute atomic E-state index is 12.3. The van der Waals surface area contributed by atoms with Gasteiger partial charge in [0.2, 0.25) is 11.8 Å². The largest absolute Gasteiger partial charge is 0.339 e. The molecule has 0 saturated carbocycles. The first-order chi connectivity index (χ1) is 10.6. The molecule has 0 aromatic heterocycles. The van der Waals surface area contributed by atoms with E-state index in [1.165, 1.54) is 12.1 Å². The summed E-state index contributed by atoms with van der Waals surface area (Å²) < 4.78 is 26.8. The molecule has 1 aliphatic heterocycles. The molecular formula is C16H22N2O4S. The molecule has 0 aliphatic carbocycles. The molecule has 1 aliphatic rings. The number of benzene rings is 1. The summed E-state index contributed by atoms with van der Waals surface area (Å²) in [5.74, 6) is -1.38. The molecule has 1 saturated heterocycles. The molecule has 1 unspecified atom stereocenters. The first-order valence-electron chi connectivity index (χ1n) is 7.55. The first-order valence-corrected chi connectivity index (χ1v) is 9.03. The van der Waals surface area contributed by atoms with E-state index in [0.29, 0.717) is 0 Å². The van der Waals surface area contributed by atoms with Gasteiger partial charge in [0.25, 0.3) is 10.0 Å². The van der Waals surface area contributed by atoms with Crippen LogP contribution in [0.1, 0.15) is 31.4 Å². The summed E-state index contributed by atoms with van der Waals surface area (Å²) in [6.07, 6.45) is 0.0481. The van der Waals surface area contributed by atoms with E-state index in [2.05, 4.69) is 4.72 Å². The van der Waals surface area contributed by atoms with E-state index in [9.17, 15) is 18.0 Å². The fourth-order valence-electron chi connectivity index (χ4n) is 2.56. The third-order valence-electron chi connectivity index (χ3n) is 4.18. The zero-order valence-corrected chi connectivity index (χ0v) is 14.6. The monoisotopic (exact) mass is 338 g/mol. The highest BCUT2D eigenvalue weighted by Crippen LogP contribution is 2.21. The van der Waals surface area contributed by atoms with Crippen LogP contribution in [0, 0.1) is 19.8 Å². The maximum atomic E-state index is 12.3. The average molecular weight is 338 g/mol. The van der Waals surface area contributed by atoms with Crippen molar-refractivity contribution >= 4 is 21.8 Å². The van der Waals surface area contributed by atoms with Gasteiger partial charge in [0.05, 0.1) is 10.8 Å². The van der Waals surface area contributed by atoms with Crippen LogP contribution < -0.4 is 4.72 Å². The third kappa shape index (κ3) is 3.72. The predicted octanol–water partition coefficient (Wildman–Crippen LogP) is 1.37. The third-order valence-corrected chi connectivity index (χ3v) is 5.52. The highest BCUT2D eigenvalue weighted by atomic mass is 32.2. The van der Waals surface area contributed by atoms with Crippen molar-refractivity contribution in [3.8, 4) is 0 Å². The molecule has 2 rings (SSSR count). The van der Waals surface area contributed by atoms with E-state index >= 15 is 0 Å². The molecule has 7 heteroatoms. The molecule has 1 heterocycles. The molecule has 2 amide bonds. The van der Waals surface area contributed by atoms with E-state index in [-0.39, 0.29) is 29.8 Å². The number of hydrogen-bond donors (Lipinski definition) is 1. The summed E-state index contributed by atoms with van der Waals surface area (Å²) >= 11 is 0. The topological polar surface area (TPSA) is 83.5 Å². The Morgan fingerprint density at radius 3 is 2.43 bits per heavy atom. The van der Waals surface area contributed by atoms with Crippen LogP contribution in [0.5, 0.6) is 0 Å². The molecule has 23 heavy (non-hydrogen) atoms. The molecule has 126 valence electrons. The average Bonchev–Trinajstić information content (AvgIpc) is 2.83. The maximum Gasteiger partial charge on any atom is 0.264 e. The number of hydrogen-bond acceptors (Lipinski definition) is 4. The minimum Gasteiger partial charge on any atom is -0.339 e. The summed E-state index contributed by atoms with van der Waals surface area (Å²) in [6, 6.07) is 4.70. The van der Waals surface area contributed by atoms with Gasteiger partial charge in [-0.3, -0.25) is 9.59 Å². The Labute approximate surface area is 136 Å². The summed E-state index contributed by atoms with van der Waals surface area (Å²) in [4.78, 5) is 25.7. The fraction of sp³-hybridized carbons (Fsp3) is 0.500. The van der Waals surface area contributed by atoms with Gasteiger partial charge < -0.3 is 4.90 Å². The van der Waals surface area contributed by atoms with E-state index in [1.807, 2.05) is 27.7 Å². The lowest BCUT2D eigenvalue weighted by atomic mass is 10.1. The molecular weight excluding hydrogens is 316 g/mol. The number of amides is 2. The number of carbonyl (C=O) groups excluding carboxylic acids is 2. The molecule has 6 nitrogen and oxygen atoms in total. The van der Waals surface area contributed by atoms with E-state index in [1.54, 1.807) is 11.0 Å². The number of rotatable bonds is 4. The van der Waals surface area contributed by atoms with Crippen molar-refractivity contribution in [3.05, 3.63) is 29.3 Å². The van der Waals surface area contributed by atoms with Crippen LogP contribution in [-0.2, 0) is 19.6 Å². The van der Waals surface area contributed by atoms with Crippen molar-refractivity contribution in [2.45, 2.75) is 45.1 Å². The quantitative estimate of drug-likeness (QED) is 0.898. The van der Waals surface area contributed by atoms with Gasteiger partial charge in [0.15, 0.2) is 0 Å². The van der Waals surface area contributed by atoms with Crippen molar-refractivity contribution in [1.82, 2.24) is 9.62 Å². The Bertz CT molecular complexity index is 740. The van der Waals surface area contributed by atoms with Crippen LogP contribution in [-0.4, -0.2) is 37.7 Å². The standard InChI is InChI=1S/C16H22N2O4S/c1-10(2)18-9-13(8-15(18)19)16(20)17-23(21,22)14-6-5-11(3)12(4)7-14/h5-7,10,13H,8-9H2,1-4H3,(H,17,20). The highest BCUT2D eigenvalue weighted by molar-refractivity contribution is 7.90. The number of nitrogens with one attached hydrogen (secondary N) is 1. The number of nitrogens with zero attached hydrogens (tertiary/aromatic N) is 1. The minimum atomic E-state index is -3.92. The van der Waals surface area contributed by atoms with Gasteiger partial charge in [-0.2, -0.15) is 0 Å². The van der Waals surface area contributed by atoms with Gasteiger partial charge in [0.1, 0.15) is 0 Å². The predicted molar refractivity (Wildman–Crippen MR) is 86.2 cm³/mol. The molecule has 0 bridgehead atoms. The van der Waals surface area contributed by atoms with Crippen LogP contribution in [0.25, 0.3) is 0 Å². The van der Waals surface area contributed by atoms with Gasteiger partial charge in [-0.05, 0) is 51.0 Å². The van der Waals surface area contributed by atoms with Gasteiger partial charge in [-0.15, -0.1) is 0 Å². The number of likely N-dealkylation sites (tertiary alicyclic amines) is 1. The first kappa shape index (κ1) is 17.5.